The molecule has 0 spiro atoms. The third kappa shape index (κ3) is 3.37. The summed E-state index contributed by atoms with van der Waals surface area (Å²) < 4.78 is 7.07. The van der Waals surface area contributed by atoms with E-state index >= 15 is 0 Å². The lowest BCUT2D eigenvalue weighted by Crippen LogP contribution is -2.01. The molecule has 23 heavy (non-hydrogen) atoms. The second-order valence-electron chi connectivity index (χ2n) is 4.42. The van der Waals surface area contributed by atoms with E-state index < -0.39 is 0 Å². The van der Waals surface area contributed by atoms with E-state index in [0.717, 1.165) is 11.4 Å². The van der Waals surface area contributed by atoms with Crippen LogP contribution in [0.5, 0.6) is 5.88 Å². The van der Waals surface area contributed by atoms with Crippen molar-refractivity contribution in [1.29, 1.82) is 0 Å². The van der Waals surface area contributed by atoms with Crippen molar-refractivity contribution in [1.82, 2.24) is 29.7 Å². The summed E-state index contributed by atoms with van der Waals surface area (Å²) in [6, 6.07) is 5.47. The summed E-state index contributed by atoms with van der Waals surface area (Å²) in [7, 11) is 1.57. The van der Waals surface area contributed by atoms with Crippen molar-refractivity contribution in [2.75, 3.05) is 7.11 Å². The average molecular weight is 326 g/mol. The minimum Gasteiger partial charge on any atom is -0.481 e. The molecule has 3 aromatic rings. The highest BCUT2D eigenvalue weighted by Crippen LogP contribution is 2.28. The van der Waals surface area contributed by atoms with Gasteiger partial charge in [-0.1, -0.05) is 6.08 Å². The van der Waals surface area contributed by atoms with Gasteiger partial charge in [0.25, 0.3) is 0 Å². The molecule has 0 radical (unpaired) electrons. The van der Waals surface area contributed by atoms with Gasteiger partial charge in [-0.3, -0.25) is 9.55 Å². The Labute approximate surface area is 137 Å². The van der Waals surface area contributed by atoms with Gasteiger partial charge in [-0.05, 0) is 23.9 Å². The summed E-state index contributed by atoms with van der Waals surface area (Å²) in [4.78, 5) is 12.5. The lowest BCUT2D eigenvalue weighted by Gasteiger charge is -2.07. The minimum atomic E-state index is 0.506. The van der Waals surface area contributed by atoms with Gasteiger partial charge in [-0.15, -0.1) is 16.8 Å². The SMILES string of the molecule is C=CCn1c(Sc2nccc(OC)n2)nnc1-c1ccncc1. The minimum absolute atomic E-state index is 0.506. The van der Waals surface area contributed by atoms with Gasteiger partial charge in [0.2, 0.25) is 5.88 Å². The van der Waals surface area contributed by atoms with Gasteiger partial charge in [0, 0.05) is 36.8 Å². The number of ether oxygens (including phenoxy) is 1. The molecule has 0 N–H and O–H groups in total. The third-order valence-corrected chi connectivity index (χ3v) is 3.83. The first-order chi connectivity index (χ1) is 11.3. The van der Waals surface area contributed by atoms with Crippen molar-refractivity contribution in [3.63, 3.8) is 0 Å². The Balaban J connectivity index is 1.96. The molecular formula is C15H14N6OS. The molecule has 3 heterocycles. The van der Waals surface area contributed by atoms with Crippen LogP contribution in [0.3, 0.4) is 0 Å². The second kappa shape index (κ2) is 7.01. The van der Waals surface area contributed by atoms with Crippen molar-refractivity contribution in [2.45, 2.75) is 16.9 Å². The second-order valence-corrected chi connectivity index (χ2v) is 5.36. The third-order valence-electron chi connectivity index (χ3n) is 2.97. The summed E-state index contributed by atoms with van der Waals surface area (Å²) in [5, 5.41) is 9.75. The maximum atomic E-state index is 5.11. The standard InChI is InChI=1S/C15H14N6OS/c1-3-10-21-13(11-4-7-16-8-5-11)19-20-15(21)23-14-17-9-6-12(18-14)22-2/h3-9H,1,10H2,2H3. The topological polar surface area (TPSA) is 78.6 Å². The molecule has 0 amide bonds. The first kappa shape index (κ1) is 15.2. The Kier molecular flexibility index (Phi) is 4.62. The zero-order chi connectivity index (χ0) is 16.1. The molecule has 0 unspecified atom stereocenters. The molecule has 8 heteroatoms. The van der Waals surface area contributed by atoms with Gasteiger partial charge < -0.3 is 4.74 Å². The van der Waals surface area contributed by atoms with Gasteiger partial charge >= 0.3 is 0 Å². The number of rotatable bonds is 6. The molecule has 0 aliphatic carbocycles. The number of nitrogens with zero attached hydrogens (tertiary/aromatic N) is 6. The molecule has 7 nitrogen and oxygen atoms in total. The van der Waals surface area contributed by atoms with E-state index in [2.05, 4.69) is 31.7 Å². The molecule has 0 saturated heterocycles. The smallest absolute Gasteiger partial charge is 0.217 e. The normalized spacial score (nSPS) is 10.5. The van der Waals surface area contributed by atoms with E-state index in [9.17, 15) is 0 Å². The van der Waals surface area contributed by atoms with Crippen LogP contribution in [-0.4, -0.2) is 36.8 Å². The quantitative estimate of drug-likeness (QED) is 0.508. The van der Waals surface area contributed by atoms with E-state index in [-0.39, 0.29) is 0 Å². The molecule has 3 aromatic heterocycles. The van der Waals surface area contributed by atoms with Gasteiger partial charge in [0.1, 0.15) is 0 Å². The molecule has 0 aliphatic rings. The fraction of sp³-hybridized carbons (Fsp3) is 0.133. The van der Waals surface area contributed by atoms with Crippen molar-refractivity contribution >= 4 is 11.8 Å². The fourth-order valence-corrected chi connectivity index (χ4v) is 2.71. The van der Waals surface area contributed by atoms with Crippen LogP contribution < -0.4 is 4.74 Å². The van der Waals surface area contributed by atoms with Crippen molar-refractivity contribution in [3.8, 4) is 17.3 Å². The monoisotopic (exact) mass is 326 g/mol. The predicted octanol–water partition coefficient (Wildman–Crippen LogP) is 2.48. The van der Waals surface area contributed by atoms with Crippen molar-refractivity contribution in [2.24, 2.45) is 0 Å². The van der Waals surface area contributed by atoms with E-state index in [1.807, 2.05) is 16.7 Å². The first-order valence-corrected chi connectivity index (χ1v) is 7.63. The van der Waals surface area contributed by atoms with Gasteiger partial charge in [0.15, 0.2) is 16.1 Å². The van der Waals surface area contributed by atoms with E-state index in [0.29, 0.717) is 22.7 Å². The Morgan fingerprint density at radius 2 is 2.04 bits per heavy atom. The number of aromatic nitrogens is 6. The van der Waals surface area contributed by atoms with Crippen molar-refractivity contribution < 1.29 is 4.74 Å². The summed E-state index contributed by atoms with van der Waals surface area (Å²) in [5.74, 6) is 1.25. The molecular weight excluding hydrogens is 312 g/mol. The molecule has 0 fully saturated rings. The van der Waals surface area contributed by atoms with Crippen LogP contribution >= 0.6 is 11.8 Å². The van der Waals surface area contributed by atoms with E-state index in [1.54, 1.807) is 37.8 Å². The van der Waals surface area contributed by atoms with Crippen LogP contribution in [-0.2, 0) is 6.54 Å². The Morgan fingerprint density at radius 1 is 1.22 bits per heavy atom. The van der Waals surface area contributed by atoms with E-state index in [1.165, 1.54) is 11.8 Å². The van der Waals surface area contributed by atoms with Crippen LogP contribution in [0.2, 0.25) is 0 Å². The van der Waals surface area contributed by atoms with Crippen LogP contribution in [0.25, 0.3) is 11.4 Å². The molecule has 3 rings (SSSR count). The lowest BCUT2D eigenvalue weighted by atomic mass is 10.2. The summed E-state index contributed by atoms with van der Waals surface area (Å²) in [6.07, 6.45) is 6.89. The molecule has 0 saturated carbocycles. The largest absolute Gasteiger partial charge is 0.481 e. The van der Waals surface area contributed by atoms with E-state index in [4.69, 9.17) is 4.74 Å². The number of methoxy groups -OCH3 is 1. The number of hydrogen-bond donors (Lipinski definition) is 0. The van der Waals surface area contributed by atoms with Crippen LogP contribution in [0, 0.1) is 0 Å². The Bertz CT molecular complexity index is 805. The summed E-state index contributed by atoms with van der Waals surface area (Å²) in [6.45, 7) is 4.38. The van der Waals surface area contributed by atoms with Crippen LogP contribution in [0.15, 0.2) is 59.8 Å². The van der Waals surface area contributed by atoms with Crippen LogP contribution in [0.4, 0.5) is 0 Å². The maximum Gasteiger partial charge on any atom is 0.217 e. The molecule has 0 bridgehead atoms. The summed E-state index contributed by atoms with van der Waals surface area (Å²) in [5.41, 5.74) is 0.938. The number of pyridine rings is 1. The lowest BCUT2D eigenvalue weighted by molar-refractivity contribution is 0.392. The number of allylic oxidation sites excluding steroid dienone is 1. The highest BCUT2D eigenvalue weighted by molar-refractivity contribution is 7.99. The highest BCUT2D eigenvalue weighted by atomic mass is 32.2. The Hall–Kier alpha value is -2.74. The zero-order valence-corrected chi connectivity index (χ0v) is 13.3. The van der Waals surface area contributed by atoms with Gasteiger partial charge in [-0.25, -0.2) is 4.98 Å². The fourth-order valence-electron chi connectivity index (χ4n) is 1.94. The van der Waals surface area contributed by atoms with Gasteiger partial charge in [-0.2, -0.15) is 4.98 Å². The average Bonchev–Trinajstić information content (AvgIpc) is 2.99. The Morgan fingerprint density at radius 3 is 2.78 bits per heavy atom. The predicted molar refractivity (Wildman–Crippen MR) is 86.2 cm³/mol. The zero-order valence-electron chi connectivity index (χ0n) is 12.5. The first-order valence-electron chi connectivity index (χ1n) is 6.81. The van der Waals surface area contributed by atoms with Crippen molar-refractivity contribution in [3.05, 3.63) is 49.4 Å². The molecule has 116 valence electrons. The van der Waals surface area contributed by atoms with Crippen LogP contribution in [0.1, 0.15) is 0 Å². The highest BCUT2D eigenvalue weighted by Gasteiger charge is 2.15. The molecule has 0 aliphatic heterocycles. The molecule has 0 aromatic carbocycles. The summed E-state index contributed by atoms with van der Waals surface area (Å²) >= 11 is 1.32. The molecule has 0 atom stereocenters. The van der Waals surface area contributed by atoms with Gasteiger partial charge in [0.05, 0.1) is 7.11 Å². The number of hydrogen-bond acceptors (Lipinski definition) is 7. The maximum absolute atomic E-state index is 5.11.